The molecule has 1 aliphatic rings. The largest absolute Gasteiger partial charge is 0.445 e. The number of hydrogen-bond donors (Lipinski definition) is 1. The van der Waals surface area contributed by atoms with Gasteiger partial charge < -0.3 is 15.0 Å². The van der Waals surface area contributed by atoms with Gasteiger partial charge in [0, 0.05) is 6.54 Å². The van der Waals surface area contributed by atoms with Crippen LogP contribution in [0.1, 0.15) is 18.4 Å². The van der Waals surface area contributed by atoms with Crippen molar-refractivity contribution in [2.24, 2.45) is 0 Å². The summed E-state index contributed by atoms with van der Waals surface area (Å²) in [5.41, 5.74) is -0.886. The van der Waals surface area contributed by atoms with Crippen molar-refractivity contribution >= 4 is 6.09 Å². The topological polar surface area (TPSA) is 41.6 Å². The number of benzene rings is 1. The maximum Gasteiger partial charge on any atom is 0.408 e. The third kappa shape index (κ3) is 4.07. The first-order valence-electron chi connectivity index (χ1n) is 7.57. The van der Waals surface area contributed by atoms with Gasteiger partial charge in [-0.05, 0) is 38.1 Å². The molecule has 126 valence electrons. The van der Waals surface area contributed by atoms with Crippen molar-refractivity contribution in [3.8, 4) is 0 Å². The van der Waals surface area contributed by atoms with Gasteiger partial charge in [0.05, 0.1) is 0 Å². The number of alkyl carbamates (subject to hydrolysis) is 1. The number of alkyl halides is 2. The molecule has 0 saturated carbocycles. The van der Waals surface area contributed by atoms with Crippen LogP contribution in [0.4, 0.5) is 13.6 Å². The summed E-state index contributed by atoms with van der Waals surface area (Å²) in [6.45, 7) is 4.02. The zero-order valence-corrected chi connectivity index (χ0v) is 13.2. The molecule has 0 aromatic heterocycles. The zero-order valence-electron chi connectivity index (χ0n) is 13.2. The van der Waals surface area contributed by atoms with E-state index in [1.807, 2.05) is 18.2 Å². The first-order valence-corrected chi connectivity index (χ1v) is 7.57. The van der Waals surface area contributed by atoms with Crippen LogP contribution in [0.3, 0.4) is 0 Å². The number of hydrogen-bond acceptors (Lipinski definition) is 3. The number of likely N-dealkylation sites (tertiary alicyclic amines) is 1. The third-order valence-corrected chi connectivity index (χ3v) is 4.13. The summed E-state index contributed by atoms with van der Waals surface area (Å²) in [4.78, 5) is 13.8. The Hall–Kier alpha value is -1.95. The Bertz CT molecular complexity index is 551. The molecule has 4 nitrogen and oxygen atoms in total. The van der Waals surface area contributed by atoms with E-state index in [0.717, 1.165) is 12.1 Å². The van der Waals surface area contributed by atoms with E-state index in [4.69, 9.17) is 4.74 Å². The molecular formula is C17H22F2N2O2. The monoisotopic (exact) mass is 324 g/mol. The molecule has 1 atom stereocenters. The average Bonchev–Trinajstić information content (AvgIpc) is 2.54. The van der Waals surface area contributed by atoms with Gasteiger partial charge in [-0.1, -0.05) is 36.9 Å². The van der Waals surface area contributed by atoms with E-state index in [2.05, 4.69) is 11.9 Å². The minimum atomic E-state index is -3.21. The number of carbonyl (C=O) groups is 1. The van der Waals surface area contributed by atoms with Crippen LogP contribution in [-0.4, -0.2) is 42.6 Å². The molecule has 1 unspecified atom stereocenters. The quantitative estimate of drug-likeness (QED) is 0.846. The summed E-state index contributed by atoms with van der Waals surface area (Å²) in [5, 5.41) is 2.40. The maximum atomic E-state index is 14.4. The summed E-state index contributed by atoms with van der Waals surface area (Å²) < 4.78 is 33.8. The van der Waals surface area contributed by atoms with E-state index in [1.54, 1.807) is 24.1 Å². The SMILES string of the molecule is C=CC(F)(F)C1(NC(=O)OCc2ccccc2)CCCN(C)C1. The molecule has 0 radical (unpaired) electrons. The van der Waals surface area contributed by atoms with Gasteiger partial charge in [-0.3, -0.25) is 0 Å². The van der Waals surface area contributed by atoms with Crippen LogP contribution in [0.5, 0.6) is 0 Å². The highest BCUT2D eigenvalue weighted by atomic mass is 19.3. The number of piperidine rings is 1. The highest BCUT2D eigenvalue weighted by Crippen LogP contribution is 2.37. The molecule has 1 saturated heterocycles. The molecule has 2 rings (SSSR count). The lowest BCUT2D eigenvalue weighted by Crippen LogP contribution is -2.66. The standard InChI is InChI=1S/C17H22F2N2O2/c1-3-17(18,19)16(10-7-11-21(2)13-16)20-15(22)23-12-14-8-5-4-6-9-14/h3-6,8-9H,1,7,10-13H2,2H3,(H,20,22). The zero-order chi connectivity index (χ0) is 16.9. The van der Waals surface area contributed by atoms with Gasteiger partial charge in [-0.25, -0.2) is 4.79 Å². The minimum Gasteiger partial charge on any atom is -0.445 e. The van der Waals surface area contributed by atoms with E-state index >= 15 is 0 Å². The van der Waals surface area contributed by atoms with Crippen LogP contribution in [0, 0.1) is 0 Å². The maximum absolute atomic E-state index is 14.4. The van der Waals surface area contributed by atoms with E-state index in [0.29, 0.717) is 12.5 Å². The Balaban J connectivity index is 2.05. The summed E-state index contributed by atoms with van der Waals surface area (Å²) in [6, 6.07) is 9.09. The van der Waals surface area contributed by atoms with Crippen molar-refractivity contribution in [1.29, 1.82) is 0 Å². The predicted molar refractivity (Wildman–Crippen MR) is 84.4 cm³/mol. The van der Waals surface area contributed by atoms with Crippen LogP contribution in [0.25, 0.3) is 0 Å². The number of nitrogens with zero attached hydrogens (tertiary/aromatic N) is 1. The Kier molecular flexibility index (Phi) is 5.36. The van der Waals surface area contributed by atoms with E-state index < -0.39 is 17.6 Å². The van der Waals surface area contributed by atoms with Crippen LogP contribution in [-0.2, 0) is 11.3 Å². The van der Waals surface area contributed by atoms with Crippen molar-refractivity contribution < 1.29 is 18.3 Å². The van der Waals surface area contributed by atoms with Crippen molar-refractivity contribution in [2.45, 2.75) is 30.9 Å². The molecule has 1 fully saturated rings. The number of carbonyl (C=O) groups excluding carboxylic acids is 1. The molecule has 1 amide bonds. The highest BCUT2D eigenvalue weighted by molar-refractivity contribution is 5.68. The molecule has 1 aromatic carbocycles. The Morgan fingerprint density at radius 1 is 1.48 bits per heavy atom. The molecule has 1 aromatic rings. The molecule has 0 spiro atoms. The Morgan fingerprint density at radius 2 is 2.17 bits per heavy atom. The van der Waals surface area contributed by atoms with Gasteiger partial charge >= 0.3 is 6.09 Å². The van der Waals surface area contributed by atoms with Crippen molar-refractivity contribution in [2.75, 3.05) is 20.1 Å². The summed E-state index contributed by atoms with van der Waals surface area (Å²) in [7, 11) is 1.75. The molecule has 0 bridgehead atoms. The van der Waals surface area contributed by atoms with Gasteiger partial charge in [0.2, 0.25) is 0 Å². The molecular weight excluding hydrogens is 302 g/mol. The second-order valence-corrected chi connectivity index (χ2v) is 5.94. The smallest absolute Gasteiger partial charge is 0.408 e. The normalized spacial score (nSPS) is 22.4. The van der Waals surface area contributed by atoms with Crippen molar-refractivity contribution in [3.63, 3.8) is 0 Å². The lowest BCUT2D eigenvalue weighted by molar-refractivity contribution is -0.0736. The average molecular weight is 324 g/mol. The van der Waals surface area contributed by atoms with Gasteiger partial charge in [-0.2, -0.15) is 8.78 Å². The van der Waals surface area contributed by atoms with Gasteiger partial charge in [-0.15, -0.1) is 0 Å². The lowest BCUT2D eigenvalue weighted by Gasteiger charge is -2.45. The van der Waals surface area contributed by atoms with Crippen molar-refractivity contribution in [1.82, 2.24) is 10.2 Å². The lowest BCUT2D eigenvalue weighted by atomic mass is 9.83. The van der Waals surface area contributed by atoms with E-state index in [1.165, 1.54) is 0 Å². The number of likely N-dealkylation sites (N-methyl/N-ethyl adjacent to an activating group) is 1. The molecule has 23 heavy (non-hydrogen) atoms. The van der Waals surface area contributed by atoms with E-state index in [9.17, 15) is 13.6 Å². The number of amides is 1. The van der Waals surface area contributed by atoms with Crippen LogP contribution in [0.15, 0.2) is 43.0 Å². The van der Waals surface area contributed by atoms with Gasteiger partial charge in [0.1, 0.15) is 12.1 Å². The highest BCUT2D eigenvalue weighted by Gasteiger charge is 2.54. The van der Waals surface area contributed by atoms with E-state index in [-0.39, 0.29) is 19.6 Å². The second kappa shape index (κ2) is 7.08. The summed E-state index contributed by atoms with van der Waals surface area (Å²) in [5.74, 6) is -3.21. The number of ether oxygens (including phenoxy) is 1. The fourth-order valence-electron chi connectivity index (χ4n) is 2.88. The third-order valence-electron chi connectivity index (χ3n) is 4.13. The number of nitrogens with one attached hydrogen (secondary N) is 1. The second-order valence-electron chi connectivity index (χ2n) is 5.94. The van der Waals surface area contributed by atoms with Gasteiger partial charge in [0.15, 0.2) is 0 Å². The van der Waals surface area contributed by atoms with Crippen molar-refractivity contribution in [3.05, 3.63) is 48.6 Å². The fourth-order valence-corrected chi connectivity index (χ4v) is 2.88. The molecule has 6 heteroatoms. The Morgan fingerprint density at radius 3 is 2.78 bits per heavy atom. The first-order chi connectivity index (χ1) is 10.9. The summed E-state index contributed by atoms with van der Waals surface area (Å²) in [6.07, 6.45) is 0.505. The number of halogens is 2. The fraction of sp³-hybridized carbons (Fsp3) is 0.471. The Labute approximate surface area is 135 Å². The molecule has 0 aliphatic carbocycles. The summed E-state index contributed by atoms with van der Waals surface area (Å²) >= 11 is 0. The number of rotatable bonds is 5. The van der Waals surface area contributed by atoms with Crippen LogP contribution >= 0.6 is 0 Å². The predicted octanol–water partition coefficient (Wildman–Crippen LogP) is 3.20. The molecule has 1 N–H and O–H groups in total. The molecule has 1 aliphatic heterocycles. The van der Waals surface area contributed by atoms with Crippen LogP contribution < -0.4 is 5.32 Å². The molecule has 1 heterocycles. The van der Waals surface area contributed by atoms with Gasteiger partial charge in [0.25, 0.3) is 5.92 Å². The minimum absolute atomic E-state index is 0.0399. The van der Waals surface area contributed by atoms with Crippen LogP contribution in [0.2, 0.25) is 0 Å². The first kappa shape index (κ1) is 17.4.